The summed E-state index contributed by atoms with van der Waals surface area (Å²) in [6.45, 7) is 4.18. The van der Waals surface area contributed by atoms with E-state index in [0.717, 1.165) is 19.1 Å². The van der Waals surface area contributed by atoms with Crippen molar-refractivity contribution in [2.75, 3.05) is 17.6 Å². The number of Topliss-reactive ketones (excluding diaryl/α,β-unsaturated/α-hetero) is 1. The highest BCUT2D eigenvalue weighted by Gasteiger charge is 2.20. The van der Waals surface area contributed by atoms with Crippen molar-refractivity contribution in [3.8, 4) is 5.75 Å². The Morgan fingerprint density at radius 2 is 1.59 bits per heavy atom. The predicted molar refractivity (Wildman–Crippen MR) is 111 cm³/mol. The molecule has 0 unspecified atom stereocenters. The maximum atomic E-state index is 12.5. The van der Waals surface area contributed by atoms with E-state index in [-0.39, 0.29) is 5.78 Å². The van der Waals surface area contributed by atoms with Crippen molar-refractivity contribution in [2.45, 2.75) is 32.8 Å². The minimum Gasteiger partial charge on any atom is -0.494 e. The van der Waals surface area contributed by atoms with Crippen molar-refractivity contribution in [1.82, 2.24) is 0 Å². The van der Waals surface area contributed by atoms with Crippen LogP contribution < -0.4 is 9.46 Å². The molecule has 0 heterocycles. The van der Waals surface area contributed by atoms with Gasteiger partial charge in [-0.05, 0) is 61.9 Å². The molecule has 1 N–H and O–H groups in total. The lowest BCUT2D eigenvalue weighted by molar-refractivity contribution is 0.0319. The number of anilines is 1. The first-order chi connectivity index (χ1) is 13.7. The van der Waals surface area contributed by atoms with Crippen LogP contribution in [0.5, 0.6) is 5.75 Å². The van der Waals surface area contributed by atoms with E-state index in [4.69, 9.17) is 9.47 Å². The van der Waals surface area contributed by atoms with Crippen LogP contribution in [-0.2, 0) is 14.8 Å². The molecule has 29 heavy (non-hydrogen) atoms. The highest BCUT2D eigenvalue weighted by Crippen LogP contribution is 2.16. The first-order valence-electron chi connectivity index (χ1n) is 9.25. The van der Waals surface area contributed by atoms with Crippen LogP contribution in [0.25, 0.3) is 0 Å². The molecule has 156 valence electrons. The lowest BCUT2D eigenvalue weighted by Crippen LogP contribution is -2.24. The number of esters is 1. The molecular weight excluding hydrogens is 394 g/mol. The molecule has 0 aliphatic heterocycles. The third-order valence-corrected chi connectivity index (χ3v) is 4.59. The van der Waals surface area contributed by atoms with Gasteiger partial charge < -0.3 is 9.47 Å². The van der Waals surface area contributed by atoms with Crippen LogP contribution in [0.4, 0.5) is 5.69 Å². The molecule has 0 radical (unpaired) electrons. The number of ether oxygens (including phenoxy) is 2. The molecule has 0 bridgehead atoms. The van der Waals surface area contributed by atoms with E-state index in [9.17, 15) is 18.0 Å². The zero-order chi connectivity index (χ0) is 21.4. The Labute approximate surface area is 171 Å². The van der Waals surface area contributed by atoms with Gasteiger partial charge in [0, 0.05) is 11.3 Å². The molecule has 0 aliphatic rings. The Hall–Kier alpha value is -2.87. The van der Waals surface area contributed by atoms with Crippen LogP contribution in [0.3, 0.4) is 0 Å². The van der Waals surface area contributed by atoms with Gasteiger partial charge in [-0.1, -0.05) is 13.3 Å². The number of rotatable bonds is 10. The molecule has 1 atom stereocenters. The van der Waals surface area contributed by atoms with E-state index in [0.29, 0.717) is 29.2 Å². The smallest absolute Gasteiger partial charge is 0.338 e. The predicted octanol–water partition coefficient (Wildman–Crippen LogP) is 3.67. The van der Waals surface area contributed by atoms with Gasteiger partial charge in [-0.25, -0.2) is 13.2 Å². The fourth-order valence-electron chi connectivity index (χ4n) is 2.46. The van der Waals surface area contributed by atoms with E-state index in [1.165, 1.54) is 31.2 Å². The molecular formula is C21H25NO6S. The van der Waals surface area contributed by atoms with E-state index >= 15 is 0 Å². The number of carbonyl (C=O) groups excluding carboxylic acids is 2. The quantitative estimate of drug-likeness (QED) is 0.358. The van der Waals surface area contributed by atoms with Gasteiger partial charge in [-0.15, -0.1) is 0 Å². The number of carbonyl (C=O) groups is 2. The number of nitrogens with one attached hydrogen (secondary N) is 1. The first-order valence-corrected chi connectivity index (χ1v) is 11.1. The maximum Gasteiger partial charge on any atom is 0.338 e. The van der Waals surface area contributed by atoms with Gasteiger partial charge in [0.15, 0.2) is 6.10 Å². The fourth-order valence-corrected chi connectivity index (χ4v) is 3.02. The second kappa shape index (κ2) is 10.1. The van der Waals surface area contributed by atoms with Crippen LogP contribution in [0.2, 0.25) is 0 Å². The molecule has 0 spiro atoms. The second-order valence-electron chi connectivity index (χ2n) is 6.59. The Bertz CT molecular complexity index is 936. The number of ketones is 1. The highest BCUT2D eigenvalue weighted by atomic mass is 32.2. The fraction of sp³-hybridized carbons (Fsp3) is 0.333. The van der Waals surface area contributed by atoms with Crippen molar-refractivity contribution in [2.24, 2.45) is 0 Å². The topological polar surface area (TPSA) is 98.8 Å². The van der Waals surface area contributed by atoms with Crippen LogP contribution in [-0.4, -0.2) is 39.1 Å². The van der Waals surface area contributed by atoms with Crippen LogP contribution in [0.15, 0.2) is 48.5 Å². The molecule has 2 aromatic carbocycles. The van der Waals surface area contributed by atoms with Gasteiger partial charge in [0.25, 0.3) is 0 Å². The average Bonchev–Trinajstić information content (AvgIpc) is 2.67. The molecule has 0 aromatic heterocycles. The molecule has 0 saturated heterocycles. The monoisotopic (exact) mass is 419 g/mol. The lowest BCUT2D eigenvalue weighted by Gasteiger charge is -2.13. The van der Waals surface area contributed by atoms with Gasteiger partial charge >= 0.3 is 5.97 Å². The van der Waals surface area contributed by atoms with E-state index in [1.807, 2.05) is 0 Å². The largest absolute Gasteiger partial charge is 0.494 e. The normalized spacial score (nSPS) is 12.1. The van der Waals surface area contributed by atoms with Crippen molar-refractivity contribution in [3.05, 3.63) is 59.7 Å². The zero-order valence-corrected chi connectivity index (χ0v) is 17.5. The molecule has 8 heteroatoms. The summed E-state index contributed by atoms with van der Waals surface area (Å²) in [5, 5.41) is 0. The number of unbranched alkanes of at least 4 members (excludes halogenated alkanes) is 1. The first kappa shape index (κ1) is 22.4. The van der Waals surface area contributed by atoms with Crippen LogP contribution in [0, 0.1) is 0 Å². The number of hydrogen-bond acceptors (Lipinski definition) is 6. The Morgan fingerprint density at radius 1 is 1.00 bits per heavy atom. The maximum absolute atomic E-state index is 12.5. The third-order valence-electron chi connectivity index (χ3n) is 3.98. The molecule has 0 aliphatic carbocycles. The summed E-state index contributed by atoms with van der Waals surface area (Å²) >= 11 is 0. The standard InChI is InChI=1S/C21H25NO6S/c1-4-5-14-27-19-12-8-17(9-13-19)21(24)28-15(2)20(23)16-6-10-18(11-7-16)22-29(3,25)26/h6-13,15,22H,4-5,14H2,1-3H3/t15-/m1/s1. The number of benzene rings is 2. The van der Waals surface area contributed by atoms with Gasteiger partial charge in [0.2, 0.25) is 15.8 Å². The molecule has 2 rings (SSSR count). The van der Waals surface area contributed by atoms with Gasteiger partial charge in [-0.2, -0.15) is 0 Å². The van der Waals surface area contributed by atoms with Gasteiger partial charge in [-0.3, -0.25) is 9.52 Å². The Balaban J connectivity index is 1.95. The molecule has 0 saturated carbocycles. The number of sulfonamides is 1. The summed E-state index contributed by atoms with van der Waals surface area (Å²) in [6.07, 6.45) is 2.04. The van der Waals surface area contributed by atoms with E-state index in [1.54, 1.807) is 24.3 Å². The van der Waals surface area contributed by atoms with Crippen molar-refractivity contribution in [3.63, 3.8) is 0 Å². The van der Waals surface area contributed by atoms with Crippen molar-refractivity contribution >= 4 is 27.5 Å². The van der Waals surface area contributed by atoms with Crippen LogP contribution >= 0.6 is 0 Å². The lowest BCUT2D eigenvalue weighted by atomic mass is 10.1. The third kappa shape index (κ3) is 7.23. The van der Waals surface area contributed by atoms with Crippen LogP contribution in [0.1, 0.15) is 47.4 Å². The Kier molecular flexibility index (Phi) is 7.78. The van der Waals surface area contributed by atoms with E-state index < -0.39 is 22.1 Å². The average molecular weight is 419 g/mol. The summed E-state index contributed by atoms with van der Waals surface area (Å²) in [5.41, 5.74) is 0.971. The summed E-state index contributed by atoms with van der Waals surface area (Å²) in [4.78, 5) is 24.8. The second-order valence-corrected chi connectivity index (χ2v) is 8.34. The molecule has 0 fully saturated rings. The van der Waals surface area contributed by atoms with Crippen molar-refractivity contribution < 1.29 is 27.5 Å². The summed E-state index contributed by atoms with van der Waals surface area (Å²) < 4.78 is 35.6. The minimum absolute atomic E-state index is 0.309. The zero-order valence-electron chi connectivity index (χ0n) is 16.7. The summed E-state index contributed by atoms with van der Waals surface area (Å²) in [7, 11) is -3.40. The highest BCUT2D eigenvalue weighted by molar-refractivity contribution is 7.92. The van der Waals surface area contributed by atoms with Crippen molar-refractivity contribution in [1.29, 1.82) is 0 Å². The molecule has 7 nitrogen and oxygen atoms in total. The van der Waals surface area contributed by atoms with Gasteiger partial charge in [0.05, 0.1) is 18.4 Å². The minimum atomic E-state index is -3.40. The SMILES string of the molecule is CCCCOc1ccc(C(=O)O[C@H](C)C(=O)c2ccc(NS(C)(=O)=O)cc2)cc1. The number of hydrogen-bond donors (Lipinski definition) is 1. The molecule has 2 aromatic rings. The Morgan fingerprint density at radius 3 is 2.14 bits per heavy atom. The summed E-state index contributed by atoms with van der Waals surface area (Å²) in [5.74, 6) is -0.327. The summed E-state index contributed by atoms with van der Waals surface area (Å²) in [6, 6.07) is 12.4. The van der Waals surface area contributed by atoms with Gasteiger partial charge in [0.1, 0.15) is 5.75 Å². The molecule has 0 amide bonds. The van der Waals surface area contributed by atoms with E-state index in [2.05, 4.69) is 11.6 Å².